The van der Waals surface area contributed by atoms with Crippen LogP contribution in [0.25, 0.3) is 0 Å². The van der Waals surface area contributed by atoms with E-state index < -0.39 is 12.2 Å². The summed E-state index contributed by atoms with van der Waals surface area (Å²) in [6.45, 7) is 2.92. The molecule has 2 aliphatic heterocycles. The highest BCUT2D eigenvalue weighted by Gasteiger charge is 2.46. The lowest BCUT2D eigenvalue weighted by atomic mass is 9.94. The van der Waals surface area contributed by atoms with Gasteiger partial charge in [-0.2, -0.15) is 18.3 Å². The molecule has 1 amide bonds. The smallest absolute Gasteiger partial charge is 0.367 e. The number of nitrogens with one attached hydrogen (secondary N) is 1. The number of nitrogens with zero attached hydrogens (tertiary/aromatic N) is 4. The summed E-state index contributed by atoms with van der Waals surface area (Å²) in [5.74, 6) is 0.162. The van der Waals surface area contributed by atoms with Crippen molar-refractivity contribution in [2.24, 2.45) is 0 Å². The van der Waals surface area contributed by atoms with E-state index in [2.05, 4.69) is 15.4 Å². The van der Waals surface area contributed by atoms with Gasteiger partial charge in [0.05, 0.1) is 5.69 Å². The molecule has 4 rings (SSSR count). The van der Waals surface area contributed by atoms with E-state index in [1.54, 1.807) is 35.4 Å². The Morgan fingerprint density at radius 3 is 2.86 bits per heavy atom. The minimum atomic E-state index is -4.35. The summed E-state index contributed by atoms with van der Waals surface area (Å²) in [4.78, 5) is 18.5. The van der Waals surface area contributed by atoms with E-state index in [-0.39, 0.29) is 24.3 Å². The first-order chi connectivity index (χ1) is 13.9. The van der Waals surface area contributed by atoms with E-state index in [0.29, 0.717) is 36.7 Å². The van der Waals surface area contributed by atoms with Crippen molar-refractivity contribution in [2.45, 2.75) is 56.8 Å². The Kier molecular flexibility index (Phi) is 5.23. The second kappa shape index (κ2) is 7.68. The van der Waals surface area contributed by atoms with E-state index in [0.717, 1.165) is 17.5 Å². The van der Waals surface area contributed by atoms with Crippen LogP contribution in [0.3, 0.4) is 0 Å². The van der Waals surface area contributed by atoms with E-state index in [9.17, 15) is 18.0 Å². The molecular weight excluding hydrogens is 383 g/mol. The average Bonchev–Trinajstić information content (AvgIpc) is 3.16. The molecule has 1 saturated heterocycles. The molecule has 4 heterocycles. The number of piperidine rings is 1. The molecule has 0 radical (unpaired) electrons. The number of hydrogen-bond acceptors (Lipinski definition) is 4. The van der Waals surface area contributed by atoms with Gasteiger partial charge in [-0.05, 0) is 37.8 Å². The lowest BCUT2D eigenvalue weighted by Gasteiger charge is -2.33. The van der Waals surface area contributed by atoms with E-state index in [1.807, 2.05) is 6.92 Å². The van der Waals surface area contributed by atoms with Gasteiger partial charge in [-0.25, -0.2) is 4.68 Å². The van der Waals surface area contributed by atoms with Gasteiger partial charge in [0, 0.05) is 37.3 Å². The fourth-order valence-electron chi connectivity index (χ4n) is 4.19. The van der Waals surface area contributed by atoms with Crippen LogP contribution in [-0.4, -0.2) is 50.9 Å². The molecule has 3 atom stereocenters. The lowest BCUT2D eigenvalue weighted by molar-refractivity contribution is -0.173. The number of carbonyl (C=O) groups excluding carboxylic acids is 1. The van der Waals surface area contributed by atoms with Crippen LogP contribution in [0.15, 0.2) is 30.5 Å². The maximum absolute atomic E-state index is 13.6. The Balaban J connectivity index is 1.56. The van der Waals surface area contributed by atoms with Crippen LogP contribution >= 0.6 is 0 Å². The molecule has 1 fully saturated rings. The first-order valence-corrected chi connectivity index (χ1v) is 9.99. The van der Waals surface area contributed by atoms with Crippen LogP contribution in [0.2, 0.25) is 0 Å². The highest BCUT2D eigenvalue weighted by Crippen LogP contribution is 2.41. The van der Waals surface area contributed by atoms with Gasteiger partial charge < -0.3 is 10.2 Å². The second-order valence-electron chi connectivity index (χ2n) is 7.75. The quantitative estimate of drug-likeness (QED) is 0.836. The molecule has 0 saturated carbocycles. The zero-order chi connectivity index (χ0) is 20.6. The summed E-state index contributed by atoms with van der Waals surface area (Å²) in [5.41, 5.74) is 0.985. The highest BCUT2D eigenvalue weighted by atomic mass is 19.4. The predicted octanol–water partition coefficient (Wildman–Crippen LogP) is 4.00. The van der Waals surface area contributed by atoms with Gasteiger partial charge in [0.1, 0.15) is 11.5 Å². The first kappa shape index (κ1) is 19.7. The molecule has 9 heteroatoms. The van der Waals surface area contributed by atoms with E-state index >= 15 is 0 Å². The third kappa shape index (κ3) is 3.95. The Labute approximate surface area is 167 Å². The largest absolute Gasteiger partial charge is 0.410 e. The minimum Gasteiger partial charge on any atom is -0.367 e. The van der Waals surface area contributed by atoms with Crippen molar-refractivity contribution in [2.75, 3.05) is 18.4 Å². The molecule has 1 N–H and O–H groups in total. The van der Waals surface area contributed by atoms with Crippen molar-refractivity contribution < 1.29 is 18.0 Å². The van der Waals surface area contributed by atoms with E-state index in [1.165, 1.54) is 0 Å². The number of hydrogen-bond donors (Lipinski definition) is 1. The number of rotatable bonds is 3. The highest BCUT2D eigenvalue weighted by molar-refractivity contribution is 5.92. The van der Waals surface area contributed by atoms with Gasteiger partial charge in [0.15, 0.2) is 6.04 Å². The van der Waals surface area contributed by atoms with Crippen molar-refractivity contribution >= 4 is 11.7 Å². The van der Waals surface area contributed by atoms with Crippen molar-refractivity contribution in [3.8, 4) is 0 Å². The Morgan fingerprint density at radius 1 is 1.34 bits per heavy atom. The molecule has 0 aliphatic carbocycles. The summed E-state index contributed by atoms with van der Waals surface area (Å²) >= 11 is 0. The maximum atomic E-state index is 13.6. The average molecular weight is 407 g/mol. The molecule has 0 spiro atoms. The van der Waals surface area contributed by atoms with Crippen LogP contribution in [0.5, 0.6) is 0 Å². The molecule has 2 aromatic rings. The number of carbonyl (C=O) groups is 1. The standard InChI is InChI=1S/C20H24F3N5O/c1-2-14-10-17(20(21,22)23)28-18(25-14)11-16(26-28)13-6-5-9-27(12-13)19(29)15-7-3-4-8-24-15/h3-4,7-8,11,13-14,17,25H,2,5-6,9-10,12H2,1H3/t13-,14+,17+/m0/s1. The lowest BCUT2D eigenvalue weighted by Crippen LogP contribution is -2.40. The monoisotopic (exact) mass is 407 g/mol. The van der Waals surface area contributed by atoms with E-state index in [4.69, 9.17) is 0 Å². The van der Waals surface area contributed by atoms with Gasteiger partial charge in [-0.1, -0.05) is 13.0 Å². The molecule has 2 aromatic heterocycles. The Morgan fingerprint density at radius 2 is 2.17 bits per heavy atom. The number of alkyl halides is 3. The number of likely N-dealkylation sites (tertiary alicyclic amines) is 1. The molecule has 0 unspecified atom stereocenters. The third-order valence-corrected chi connectivity index (χ3v) is 5.79. The van der Waals surface area contributed by atoms with Gasteiger partial charge >= 0.3 is 6.18 Å². The Bertz CT molecular complexity index is 867. The number of amides is 1. The summed E-state index contributed by atoms with van der Waals surface area (Å²) in [7, 11) is 0. The van der Waals surface area contributed by atoms with Gasteiger partial charge in [-0.3, -0.25) is 9.78 Å². The minimum absolute atomic E-state index is 0.0247. The first-order valence-electron chi connectivity index (χ1n) is 9.99. The number of pyridine rings is 1. The van der Waals surface area contributed by atoms with Crippen molar-refractivity contribution in [3.63, 3.8) is 0 Å². The maximum Gasteiger partial charge on any atom is 0.410 e. The normalized spacial score (nSPS) is 24.7. The molecule has 0 bridgehead atoms. The molecule has 29 heavy (non-hydrogen) atoms. The second-order valence-corrected chi connectivity index (χ2v) is 7.75. The molecule has 156 valence electrons. The van der Waals surface area contributed by atoms with Crippen LogP contribution < -0.4 is 5.32 Å². The SMILES string of the molecule is CC[C@@H]1C[C@H](C(F)(F)F)n2nc([C@H]3CCCN(C(=O)c4ccccn4)C3)cc2N1. The molecule has 6 nitrogen and oxygen atoms in total. The van der Waals surface area contributed by atoms with Crippen LogP contribution in [-0.2, 0) is 0 Å². The van der Waals surface area contributed by atoms with Crippen molar-refractivity contribution in [1.82, 2.24) is 19.7 Å². The molecular formula is C20H24F3N5O. The fourth-order valence-corrected chi connectivity index (χ4v) is 4.19. The summed E-state index contributed by atoms with van der Waals surface area (Å²) in [5, 5.41) is 7.52. The van der Waals surface area contributed by atoms with Gasteiger partial charge in [-0.15, -0.1) is 0 Å². The number of fused-ring (bicyclic) bond motifs is 1. The summed E-state index contributed by atoms with van der Waals surface area (Å²) in [6.07, 6.45) is -0.617. The predicted molar refractivity (Wildman–Crippen MR) is 102 cm³/mol. The zero-order valence-corrected chi connectivity index (χ0v) is 16.2. The summed E-state index contributed by atoms with van der Waals surface area (Å²) < 4.78 is 41.8. The molecule has 0 aromatic carbocycles. The molecule has 2 aliphatic rings. The fraction of sp³-hybridized carbons (Fsp3) is 0.550. The number of halogens is 3. The summed E-state index contributed by atoms with van der Waals surface area (Å²) in [6, 6.07) is 5.06. The van der Waals surface area contributed by atoms with Gasteiger partial charge in [0.2, 0.25) is 0 Å². The Hall–Kier alpha value is -2.58. The van der Waals surface area contributed by atoms with Gasteiger partial charge in [0.25, 0.3) is 5.91 Å². The number of aromatic nitrogens is 3. The van der Waals surface area contributed by atoms with Crippen molar-refractivity contribution in [1.29, 1.82) is 0 Å². The van der Waals surface area contributed by atoms with Crippen molar-refractivity contribution in [3.05, 3.63) is 41.9 Å². The third-order valence-electron chi connectivity index (χ3n) is 5.79. The van der Waals surface area contributed by atoms with Crippen LogP contribution in [0.1, 0.15) is 60.7 Å². The van der Waals surface area contributed by atoms with Crippen LogP contribution in [0.4, 0.5) is 19.0 Å². The number of anilines is 1. The van der Waals surface area contributed by atoms with Crippen LogP contribution in [0, 0.1) is 0 Å². The topological polar surface area (TPSA) is 63.1 Å². The zero-order valence-electron chi connectivity index (χ0n) is 16.2.